The van der Waals surface area contributed by atoms with Gasteiger partial charge < -0.3 is 15.5 Å². The van der Waals surface area contributed by atoms with Crippen LogP contribution >= 0.6 is 24.0 Å². The van der Waals surface area contributed by atoms with Crippen molar-refractivity contribution in [1.29, 1.82) is 0 Å². The first-order valence-corrected chi connectivity index (χ1v) is 8.44. The molecule has 0 fully saturated rings. The Bertz CT molecular complexity index is 624. The van der Waals surface area contributed by atoms with Gasteiger partial charge >= 0.3 is 0 Å². The van der Waals surface area contributed by atoms with Crippen LogP contribution in [0.3, 0.4) is 0 Å². The summed E-state index contributed by atoms with van der Waals surface area (Å²) in [4.78, 5) is 6.38. The molecular weight excluding hydrogens is 423 g/mol. The smallest absolute Gasteiger partial charge is 0.191 e. The van der Waals surface area contributed by atoms with Gasteiger partial charge in [-0.15, -0.1) is 24.0 Å². The first-order chi connectivity index (χ1) is 11.7. The van der Waals surface area contributed by atoms with Crippen LogP contribution in [0.25, 0.3) is 0 Å². The van der Waals surface area contributed by atoms with E-state index >= 15 is 0 Å². The Balaban J connectivity index is 0.00000312. The van der Waals surface area contributed by atoms with E-state index in [0.29, 0.717) is 0 Å². The summed E-state index contributed by atoms with van der Waals surface area (Å²) >= 11 is 0. The summed E-state index contributed by atoms with van der Waals surface area (Å²) in [6.45, 7) is 1.68. The molecule has 2 N–H and O–H groups in total. The highest BCUT2D eigenvalue weighted by molar-refractivity contribution is 14.0. The molecule has 0 amide bonds. The van der Waals surface area contributed by atoms with Gasteiger partial charge in [0.25, 0.3) is 0 Å². The molecule has 0 saturated heterocycles. The summed E-state index contributed by atoms with van der Waals surface area (Å²) in [7, 11) is 5.91. The monoisotopic (exact) mass is 452 g/mol. The van der Waals surface area contributed by atoms with Crippen LogP contribution < -0.4 is 15.5 Å². The molecule has 5 heteroatoms. The Hall–Kier alpha value is -1.76. The normalized spacial score (nSPS) is 10.8. The molecule has 0 radical (unpaired) electrons. The molecule has 0 saturated carbocycles. The van der Waals surface area contributed by atoms with Crippen molar-refractivity contribution in [1.82, 2.24) is 10.6 Å². The van der Waals surface area contributed by atoms with Crippen molar-refractivity contribution in [3.63, 3.8) is 0 Å². The number of rotatable bonds is 7. The van der Waals surface area contributed by atoms with Crippen molar-refractivity contribution in [2.45, 2.75) is 19.4 Å². The lowest BCUT2D eigenvalue weighted by atomic mass is 10.1. The summed E-state index contributed by atoms with van der Waals surface area (Å²) in [6, 6.07) is 19.1. The number of anilines is 1. The zero-order chi connectivity index (χ0) is 17.2. The van der Waals surface area contributed by atoms with E-state index in [9.17, 15) is 0 Å². The minimum atomic E-state index is 0. The van der Waals surface area contributed by atoms with Crippen molar-refractivity contribution < 1.29 is 0 Å². The summed E-state index contributed by atoms with van der Waals surface area (Å²) in [5, 5.41) is 6.73. The fourth-order valence-corrected chi connectivity index (χ4v) is 2.46. The minimum Gasteiger partial charge on any atom is -0.378 e. The lowest BCUT2D eigenvalue weighted by Crippen LogP contribution is -2.37. The van der Waals surface area contributed by atoms with Crippen LogP contribution in [0.5, 0.6) is 0 Å². The Morgan fingerprint density at radius 2 is 1.60 bits per heavy atom. The Morgan fingerprint density at radius 1 is 0.920 bits per heavy atom. The van der Waals surface area contributed by atoms with Crippen LogP contribution in [0, 0.1) is 0 Å². The van der Waals surface area contributed by atoms with E-state index in [4.69, 9.17) is 0 Å². The fraction of sp³-hybridized carbons (Fsp3) is 0.350. The van der Waals surface area contributed by atoms with Gasteiger partial charge in [0.05, 0.1) is 0 Å². The van der Waals surface area contributed by atoms with Crippen LogP contribution in [0.4, 0.5) is 5.69 Å². The second-order valence-electron chi connectivity index (χ2n) is 6.00. The van der Waals surface area contributed by atoms with Gasteiger partial charge in [0.15, 0.2) is 5.96 Å². The molecule has 0 atom stereocenters. The van der Waals surface area contributed by atoms with Gasteiger partial charge in [0.1, 0.15) is 0 Å². The average Bonchev–Trinajstić information content (AvgIpc) is 2.62. The first-order valence-electron chi connectivity index (χ1n) is 8.44. The molecule has 0 heterocycles. The highest BCUT2D eigenvalue weighted by atomic mass is 127. The zero-order valence-corrected chi connectivity index (χ0v) is 17.7. The molecule has 0 bridgehead atoms. The van der Waals surface area contributed by atoms with Crippen LogP contribution in [0.15, 0.2) is 59.6 Å². The number of hydrogen-bond donors (Lipinski definition) is 2. The predicted molar refractivity (Wildman–Crippen MR) is 119 cm³/mol. The third kappa shape index (κ3) is 7.77. The summed E-state index contributed by atoms with van der Waals surface area (Å²) in [5.41, 5.74) is 3.83. The van der Waals surface area contributed by atoms with Crippen molar-refractivity contribution in [2.24, 2.45) is 4.99 Å². The first kappa shape index (κ1) is 21.3. The number of guanidine groups is 1. The van der Waals surface area contributed by atoms with E-state index in [0.717, 1.165) is 31.9 Å². The molecule has 136 valence electrons. The van der Waals surface area contributed by atoms with Crippen molar-refractivity contribution in [3.05, 3.63) is 65.7 Å². The highest BCUT2D eigenvalue weighted by Gasteiger charge is 2.00. The van der Waals surface area contributed by atoms with E-state index in [1.165, 1.54) is 16.8 Å². The molecule has 2 aromatic rings. The van der Waals surface area contributed by atoms with E-state index in [-0.39, 0.29) is 24.0 Å². The number of benzene rings is 2. The lowest BCUT2D eigenvalue weighted by molar-refractivity contribution is 0.742. The summed E-state index contributed by atoms with van der Waals surface area (Å²) in [5.74, 6) is 0.847. The number of hydrogen-bond acceptors (Lipinski definition) is 2. The van der Waals surface area contributed by atoms with Gasteiger partial charge in [-0.3, -0.25) is 4.99 Å². The Labute approximate surface area is 168 Å². The predicted octanol–water partition coefficient (Wildman–Crippen LogP) is 3.67. The molecule has 0 aromatic heterocycles. The molecule has 0 aliphatic heterocycles. The lowest BCUT2D eigenvalue weighted by Gasteiger charge is -2.14. The maximum atomic E-state index is 4.28. The molecule has 0 aliphatic rings. The van der Waals surface area contributed by atoms with Gasteiger partial charge in [0.2, 0.25) is 0 Å². The van der Waals surface area contributed by atoms with Crippen LogP contribution in [-0.2, 0) is 13.0 Å². The zero-order valence-electron chi connectivity index (χ0n) is 15.3. The molecule has 0 spiro atoms. The van der Waals surface area contributed by atoms with Crippen molar-refractivity contribution in [3.8, 4) is 0 Å². The fourth-order valence-electron chi connectivity index (χ4n) is 2.46. The molecule has 2 rings (SSSR count). The topological polar surface area (TPSA) is 39.7 Å². The summed E-state index contributed by atoms with van der Waals surface area (Å²) < 4.78 is 0. The number of halogens is 1. The number of aliphatic imine (C=N–C) groups is 1. The van der Waals surface area contributed by atoms with E-state index < -0.39 is 0 Å². The number of nitrogens with zero attached hydrogens (tertiary/aromatic N) is 2. The quantitative estimate of drug-likeness (QED) is 0.292. The van der Waals surface area contributed by atoms with Gasteiger partial charge in [-0.25, -0.2) is 0 Å². The second kappa shape index (κ2) is 11.7. The van der Waals surface area contributed by atoms with E-state index in [1.807, 2.05) is 7.05 Å². The molecular formula is C20H29IN4. The van der Waals surface area contributed by atoms with Gasteiger partial charge in [-0.2, -0.15) is 0 Å². The molecule has 0 unspecified atom stereocenters. The average molecular weight is 452 g/mol. The number of aryl methyl sites for hydroxylation is 1. The van der Waals surface area contributed by atoms with Crippen LogP contribution in [0.1, 0.15) is 17.5 Å². The van der Waals surface area contributed by atoms with Crippen molar-refractivity contribution in [2.75, 3.05) is 32.6 Å². The third-order valence-corrected chi connectivity index (χ3v) is 3.91. The Kier molecular flexibility index (Phi) is 9.99. The number of nitrogens with one attached hydrogen (secondary N) is 2. The third-order valence-electron chi connectivity index (χ3n) is 3.91. The molecule has 2 aromatic carbocycles. The molecule has 4 nitrogen and oxygen atoms in total. The maximum absolute atomic E-state index is 4.28. The highest BCUT2D eigenvalue weighted by Crippen LogP contribution is 2.11. The van der Waals surface area contributed by atoms with Crippen molar-refractivity contribution >= 4 is 35.6 Å². The Morgan fingerprint density at radius 3 is 2.20 bits per heavy atom. The standard InChI is InChI=1S/C20H28N4.HI/c1-21-20(22-15-7-10-17-8-5-4-6-9-17)23-16-18-11-13-19(14-12-18)24(2)3;/h4-6,8-9,11-14H,7,10,15-16H2,1-3H3,(H2,21,22,23);1H. The molecule has 0 aliphatic carbocycles. The van der Waals surface area contributed by atoms with Crippen LogP contribution in [0.2, 0.25) is 0 Å². The second-order valence-corrected chi connectivity index (χ2v) is 6.00. The largest absolute Gasteiger partial charge is 0.378 e. The van der Waals surface area contributed by atoms with Gasteiger partial charge in [-0.05, 0) is 36.1 Å². The molecule has 25 heavy (non-hydrogen) atoms. The van der Waals surface area contributed by atoms with E-state index in [2.05, 4.69) is 89.2 Å². The minimum absolute atomic E-state index is 0. The van der Waals surface area contributed by atoms with Gasteiger partial charge in [0, 0.05) is 39.9 Å². The summed E-state index contributed by atoms with van der Waals surface area (Å²) in [6.07, 6.45) is 2.17. The van der Waals surface area contributed by atoms with E-state index in [1.54, 1.807) is 0 Å². The van der Waals surface area contributed by atoms with Gasteiger partial charge in [-0.1, -0.05) is 42.5 Å². The SMILES string of the molecule is CN=C(NCCCc1ccccc1)NCc1ccc(N(C)C)cc1.I. The van der Waals surface area contributed by atoms with Crippen LogP contribution in [-0.4, -0.2) is 33.6 Å². The maximum Gasteiger partial charge on any atom is 0.191 e.